The van der Waals surface area contributed by atoms with Gasteiger partial charge in [-0.3, -0.25) is 4.79 Å². The summed E-state index contributed by atoms with van der Waals surface area (Å²) in [6, 6.07) is 4.24. The Labute approximate surface area is 145 Å². The lowest BCUT2D eigenvalue weighted by Crippen LogP contribution is -2.53. The van der Waals surface area contributed by atoms with E-state index in [0.717, 1.165) is 19.3 Å². The smallest absolute Gasteiger partial charge is 0.337 e. The number of ether oxygens (including phenoxy) is 1. The molecule has 0 aliphatic heterocycles. The Kier molecular flexibility index (Phi) is 4.88. The third kappa shape index (κ3) is 3.57. The molecule has 2 aliphatic carbocycles. The standard InChI is InChI=1S/C19H21FN2O3/c1-21-17(23)15-9-8-13(12-16(15)20)22-19(10-5-11-19)18(24)25-14-6-3-2-4-7-14/h3,6-9,12,22H,2,4-5,10-11H2,1H3,(H,21,23). The van der Waals surface area contributed by atoms with Crippen LogP contribution < -0.4 is 10.6 Å². The van der Waals surface area contributed by atoms with Crippen LogP contribution in [0.5, 0.6) is 0 Å². The molecular weight excluding hydrogens is 323 g/mol. The van der Waals surface area contributed by atoms with Crippen molar-refractivity contribution in [3.63, 3.8) is 0 Å². The molecule has 25 heavy (non-hydrogen) atoms. The van der Waals surface area contributed by atoms with Crippen LogP contribution in [0.25, 0.3) is 0 Å². The topological polar surface area (TPSA) is 67.4 Å². The Bertz CT molecular complexity index is 751. The van der Waals surface area contributed by atoms with E-state index in [4.69, 9.17) is 4.74 Å². The van der Waals surface area contributed by atoms with E-state index in [1.54, 1.807) is 12.1 Å². The number of amides is 1. The molecule has 1 aromatic carbocycles. The van der Waals surface area contributed by atoms with E-state index in [1.165, 1.54) is 19.2 Å². The van der Waals surface area contributed by atoms with E-state index in [-0.39, 0.29) is 11.5 Å². The van der Waals surface area contributed by atoms with Gasteiger partial charge < -0.3 is 15.4 Å². The van der Waals surface area contributed by atoms with Crippen LogP contribution in [0.15, 0.2) is 42.2 Å². The van der Waals surface area contributed by atoms with Crippen LogP contribution in [0, 0.1) is 5.82 Å². The molecule has 0 bridgehead atoms. The highest BCUT2D eigenvalue weighted by molar-refractivity contribution is 5.94. The summed E-state index contributed by atoms with van der Waals surface area (Å²) in [5.41, 5.74) is -0.418. The minimum atomic E-state index is -0.840. The molecule has 0 unspecified atom stereocenters. The summed E-state index contributed by atoms with van der Waals surface area (Å²) >= 11 is 0. The number of allylic oxidation sites excluding steroid dienone is 3. The number of anilines is 1. The first-order chi connectivity index (χ1) is 12.0. The molecule has 3 rings (SSSR count). The van der Waals surface area contributed by atoms with Gasteiger partial charge in [0.15, 0.2) is 0 Å². The van der Waals surface area contributed by atoms with Gasteiger partial charge in [0.2, 0.25) is 0 Å². The maximum Gasteiger partial charge on any atom is 0.337 e. The molecule has 6 heteroatoms. The second-order valence-corrected chi connectivity index (χ2v) is 6.31. The van der Waals surface area contributed by atoms with Crippen LogP contribution in [-0.2, 0) is 9.53 Å². The van der Waals surface area contributed by atoms with Crippen LogP contribution in [0.1, 0.15) is 42.5 Å². The molecule has 1 fully saturated rings. The first kappa shape index (κ1) is 17.2. The molecule has 0 spiro atoms. The largest absolute Gasteiger partial charge is 0.425 e. The van der Waals surface area contributed by atoms with Crippen molar-refractivity contribution in [2.45, 2.75) is 37.6 Å². The lowest BCUT2D eigenvalue weighted by Gasteiger charge is -2.40. The van der Waals surface area contributed by atoms with Gasteiger partial charge in [-0.2, -0.15) is 0 Å². The number of rotatable bonds is 5. The van der Waals surface area contributed by atoms with Crippen molar-refractivity contribution in [2.75, 3.05) is 12.4 Å². The summed E-state index contributed by atoms with van der Waals surface area (Å²) in [7, 11) is 1.45. The maximum absolute atomic E-state index is 14.1. The normalized spacial score (nSPS) is 17.9. The zero-order valence-electron chi connectivity index (χ0n) is 14.1. The summed E-state index contributed by atoms with van der Waals surface area (Å²) in [6.07, 6.45) is 9.61. The molecule has 0 atom stereocenters. The van der Waals surface area contributed by atoms with Gasteiger partial charge >= 0.3 is 5.97 Å². The summed E-state index contributed by atoms with van der Waals surface area (Å²) in [4.78, 5) is 24.2. The first-order valence-electron chi connectivity index (χ1n) is 8.43. The van der Waals surface area contributed by atoms with Crippen molar-refractivity contribution in [2.24, 2.45) is 0 Å². The average Bonchev–Trinajstić information content (AvgIpc) is 2.58. The number of esters is 1. The molecule has 0 radical (unpaired) electrons. The van der Waals surface area contributed by atoms with Gasteiger partial charge in [-0.05, 0) is 62.5 Å². The third-order valence-corrected chi connectivity index (χ3v) is 4.59. The van der Waals surface area contributed by atoms with Gasteiger partial charge in [-0.15, -0.1) is 0 Å². The molecule has 5 nitrogen and oxygen atoms in total. The third-order valence-electron chi connectivity index (χ3n) is 4.59. The highest BCUT2D eigenvalue weighted by Crippen LogP contribution is 2.37. The van der Waals surface area contributed by atoms with Crippen molar-refractivity contribution in [1.82, 2.24) is 5.32 Å². The minimum absolute atomic E-state index is 0.0317. The lowest BCUT2D eigenvalue weighted by molar-refractivity contribution is -0.147. The number of hydrogen-bond donors (Lipinski definition) is 2. The summed E-state index contributed by atoms with van der Waals surface area (Å²) in [5, 5.41) is 5.50. The van der Waals surface area contributed by atoms with Gasteiger partial charge in [0.05, 0.1) is 5.56 Å². The molecule has 2 N–H and O–H groups in total. The number of halogens is 1. The van der Waals surface area contributed by atoms with Gasteiger partial charge in [0.1, 0.15) is 17.1 Å². The second-order valence-electron chi connectivity index (χ2n) is 6.31. The fraction of sp³-hybridized carbons (Fsp3) is 0.368. The Morgan fingerprint density at radius 1 is 1.24 bits per heavy atom. The molecule has 2 aliphatic rings. The summed E-state index contributed by atoms with van der Waals surface area (Å²) in [5.74, 6) is -0.916. The fourth-order valence-electron chi connectivity index (χ4n) is 2.97. The van der Waals surface area contributed by atoms with Gasteiger partial charge in [-0.25, -0.2) is 9.18 Å². The number of carbonyl (C=O) groups excluding carboxylic acids is 2. The van der Waals surface area contributed by atoms with Crippen LogP contribution in [0.3, 0.4) is 0 Å². The summed E-state index contributed by atoms with van der Waals surface area (Å²) < 4.78 is 19.6. The fourth-order valence-corrected chi connectivity index (χ4v) is 2.97. The molecule has 0 aromatic heterocycles. The first-order valence-corrected chi connectivity index (χ1v) is 8.43. The van der Waals surface area contributed by atoms with Crippen LogP contribution in [0.2, 0.25) is 0 Å². The van der Waals surface area contributed by atoms with Crippen molar-refractivity contribution in [3.05, 3.63) is 53.6 Å². The Morgan fingerprint density at radius 3 is 2.60 bits per heavy atom. The molecule has 1 saturated carbocycles. The van der Waals surface area contributed by atoms with Crippen molar-refractivity contribution >= 4 is 17.6 Å². The predicted molar refractivity (Wildman–Crippen MR) is 92.5 cm³/mol. The quantitative estimate of drug-likeness (QED) is 0.805. The van der Waals surface area contributed by atoms with Crippen LogP contribution >= 0.6 is 0 Å². The minimum Gasteiger partial charge on any atom is -0.425 e. The molecule has 1 aromatic rings. The molecule has 0 saturated heterocycles. The predicted octanol–water partition coefficient (Wildman–Crippen LogP) is 3.30. The highest BCUT2D eigenvalue weighted by atomic mass is 19.1. The molecular formula is C19H21FN2O3. The van der Waals surface area contributed by atoms with Gasteiger partial charge in [-0.1, -0.05) is 6.08 Å². The van der Waals surface area contributed by atoms with Crippen LogP contribution in [0.4, 0.5) is 10.1 Å². The molecule has 0 heterocycles. The zero-order valence-corrected chi connectivity index (χ0v) is 14.1. The Balaban J connectivity index is 1.74. The van der Waals surface area contributed by atoms with Crippen LogP contribution in [-0.4, -0.2) is 24.5 Å². The van der Waals surface area contributed by atoms with E-state index in [9.17, 15) is 14.0 Å². The lowest BCUT2D eigenvalue weighted by atomic mass is 9.76. The van der Waals surface area contributed by atoms with Crippen molar-refractivity contribution in [3.8, 4) is 0 Å². The zero-order chi connectivity index (χ0) is 17.9. The van der Waals surface area contributed by atoms with E-state index in [1.807, 2.05) is 12.2 Å². The van der Waals surface area contributed by atoms with E-state index in [0.29, 0.717) is 24.3 Å². The number of carbonyl (C=O) groups is 2. The average molecular weight is 344 g/mol. The monoisotopic (exact) mass is 344 g/mol. The van der Waals surface area contributed by atoms with E-state index in [2.05, 4.69) is 10.6 Å². The Hall–Kier alpha value is -2.63. The van der Waals surface area contributed by atoms with Crippen molar-refractivity contribution < 1.29 is 18.7 Å². The Morgan fingerprint density at radius 2 is 2.04 bits per heavy atom. The second kappa shape index (κ2) is 7.09. The number of nitrogens with one attached hydrogen (secondary N) is 2. The van der Waals surface area contributed by atoms with Gasteiger partial charge in [0.25, 0.3) is 5.91 Å². The number of benzene rings is 1. The number of hydrogen-bond acceptors (Lipinski definition) is 4. The van der Waals surface area contributed by atoms with Gasteiger partial charge in [0, 0.05) is 12.7 Å². The van der Waals surface area contributed by atoms with E-state index < -0.39 is 17.3 Å². The van der Waals surface area contributed by atoms with Crippen molar-refractivity contribution in [1.29, 1.82) is 0 Å². The maximum atomic E-state index is 14.1. The highest BCUT2D eigenvalue weighted by Gasteiger charge is 2.46. The molecule has 1 amide bonds. The SMILES string of the molecule is CNC(=O)c1ccc(NC2(C(=O)OC3=CCCC=C3)CCC2)cc1F. The molecule has 132 valence electrons. The summed E-state index contributed by atoms with van der Waals surface area (Å²) in [6.45, 7) is 0. The van der Waals surface area contributed by atoms with E-state index >= 15 is 0 Å².